The first kappa shape index (κ1) is 15.8. The predicted octanol–water partition coefficient (Wildman–Crippen LogP) is 1.48. The fourth-order valence-corrected chi connectivity index (χ4v) is 2.06. The van der Waals surface area contributed by atoms with Gasteiger partial charge < -0.3 is 19.5 Å². The van der Waals surface area contributed by atoms with Gasteiger partial charge in [0.05, 0.1) is 7.11 Å². The highest BCUT2D eigenvalue weighted by molar-refractivity contribution is 5.89. The van der Waals surface area contributed by atoms with E-state index in [4.69, 9.17) is 14.2 Å². The first-order chi connectivity index (χ1) is 8.75. The number of methoxy groups -OCH3 is 2. The van der Waals surface area contributed by atoms with Crippen LogP contribution in [-0.2, 0) is 19.0 Å². The number of esters is 1. The van der Waals surface area contributed by atoms with Crippen LogP contribution in [0.15, 0.2) is 0 Å². The van der Waals surface area contributed by atoms with E-state index in [0.29, 0.717) is 19.4 Å². The second kappa shape index (κ2) is 5.77. The van der Waals surface area contributed by atoms with Crippen LogP contribution in [0.2, 0.25) is 0 Å². The molecule has 19 heavy (non-hydrogen) atoms. The van der Waals surface area contributed by atoms with Crippen molar-refractivity contribution >= 4 is 12.1 Å². The Kier molecular flexibility index (Phi) is 4.79. The summed E-state index contributed by atoms with van der Waals surface area (Å²) < 4.78 is 14.9. The molecule has 1 aliphatic rings. The average molecular weight is 273 g/mol. The van der Waals surface area contributed by atoms with Crippen LogP contribution in [0, 0.1) is 5.92 Å². The highest BCUT2D eigenvalue weighted by Crippen LogP contribution is 2.47. The molecule has 1 saturated carbocycles. The largest absolute Gasteiger partial charge is 0.467 e. The number of nitrogens with one attached hydrogen (secondary N) is 1. The van der Waals surface area contributed by atoms with Gasteiger partial charge in [0.15, 0.2) is 0 Å². The third-order valence-electron chi connectivity index (χ3n) is 3.05. The molecule has 1 rings (SSSR count). The quantitative estimate of drug-likeness (QED) is 0.768. The van der Waals surface area contributed by atoms with Crippen molar-refractivity contribution in [1.82, 2.24) is 5.32 Å². The van der Waals surface area contributed by atoms with Gasteiger partial charge in [0.2, 0.25) is 0 Å². The molecule has 0 aromatic carbocycles. The third kappa shape index (κ3) is 4.09. The molecular weight excluding hydrogens is 250 g/mol. The Morgan fingerprint density at radius 3 is 2.42 bits per heavy atom. The summed E-state index contributed by atoms with van der Waals surface area (Å²) in [5.41, 5.74) is -1.55. The first-order valence-electron chi connectivity index (χ1n) is 6.33. The highest BCUT2D eigenvalue weighted by atomic mass is 16.6. The maximum atomic E-state index is 11.8. The van der Waals surface area contributed by atoms with Crippen LogP contribution in [0.25, 0.3) is 0 Å². The summed E-state index contributed by atoms with van der Waals surface area (Å²) in [5.74, 6) is -0.396. The number of hydrogen-bond acceptors (Lipinski definition) is 5. The molecule has 6 nitrogen and oxygen atoms in total. The lowest BCUT2D eigenvalue weighted by atomic mass is 10.1. The van der Waals surface area contributed by atoms with Crippen LogP contribution in [-0.4, -0.2) is 44.0 Å². The molecule has 0 spiro atoms. The summed E-state index contributed by atoms with van der Waals surface area (Å²) in [7, 11) is 2.91. The first-order valence-corrected chi connectivity index (χ1v) is 6.33. The van der Waals surface area contributed by atoms with Gasteiger partial charge in [-0.1, -0.05) is 0 Å². The minimum atomic E-state index is -0.949. The Morgan fingerprint density at radius 1 is 1.32 bits per heavy atom. The van der Waals surface area contributed by atoms with E-state index < -0.39 is 23.2 Å². The van der Waals surface area contributed by atoms with E-state index in [1.165, 1.54) is 7.11 Å². The number of rotatable bonds is 5. The third-order valence-corrected chi connectivity index (χ3v) is 3.05. The topological polar surface area (TPSA) is 73.9 Å². The molecule has 110 valence electrons. The smallest absolute Gasteiger partial charge is 0.408 e. The molecule has 0 aliphatic heterocycles. The molecule has 0 heterocycles. The summed E-state index contributed by atoms with van der Waals surface area (Å²) >= 11 is 0. The van der Waals surface area contributed by atoms with Gasteiger partial charge in [0.1, 0.15) is 11.1 Å². The van der Waals surface area contributed by atoms with Crippen molar-refractivity contribution < 1.29 is 23.8 Å². The van der Waals surface area contributed by atoms with Gasteiger partial charge in [-0.15, -0.1) is 0 Å². The lowest BCUT2D eigenvalue weighted by Gasteiger charge is -2.23. The summed E-state index contributed by atoms with van der Waals surface area (Å²) in [4.78, 5) is 23.6. The molecule has 0 aromatic heterocycles. The Balaban J connectivity index is 2.63. The number of carbonyl (C=O) groups excluding carboxylic acids is 2. The molecular formula is C13H23NO5. The number of alkyl carbamates (subject to hydrolysis) is 1. The normalized spacial score (nSPS) is 25.6. The lowest BCUT2D eigenvalue weighted by Crippen LogP contribution is -2.47. The molecule has 0 aromatic rings. The Morgan fingerprint density at radius 2 is 1.95 bits per heavy atom. The van der Waals surface area contributed by atoms with E-state index in [1.54, 1.807) is 27.9 Å². The highest BCUT2D eigenvalue weighted by Gasteiger charge is 2.62. The van der Waals surface area contributed by atoms with Crippen LogP contribution in [0.1, 0.15) is 33.6 Å². The van der Waals surface area contributed by atoms with Crippen LogP contribution in [0.4, 0.5) is 4.79 Å². The van der Waals surface area contributed by atoms with Crippen molar-refractivity contribution in [2.24, 2.45) is 5.92 Å². The van der Waals surface area contributed by atoms with E-state index in [9.17, 15) is 9.59 Å². The molecule has 0 saturated heterocycles. The number of ether oxygens (including phenoxy) is 3. The molecule has 1 amide bonds. The van der Waals surface area contributed by atoms with Gasteiger partial charge in [0, 0.05) is 13.7 Å². The van der Waals surface area contributed by atoms with Gasteiger partial charge in [-0.2, -0.15) is 0 Å². The molecule has 1 N–H and O–H groups in total. The van der Waals surface area contributed by atoms with Crippen molar-refractivity contribution in [1.29, 1.82) is 0 Å². The zero-order chi connectivity index (χ0) is 14.7. The molecule has 0 bridgehead atoms. The van der Waals surface area contributed by atoms with Crippen molar-refractivity contribution in [2.75, 3.05) is 20.8 Å². The monoisotopic (exact) mass is 273 g/mol. The van der Waals surface area contributed by atoms with Crippen molar-refractivity contribution in [2.45, 2.75) is 44.8 Å². The summed E-state index contributed by atoms with van der Waals surface area (Å²) in [6.45, 7) is 5.85. The maximum absolute atomic E-state index is 11.8. The Labute approximate surface area is 113 Å². The van der Waals surface area contributed by atoms with E-state index >= 15 is 0 Å². The van der Waals surface area contributed by atoms with E-state index in [0.717, 1.165) is 0 Å². The Hall–Kier alpha value is -1.30. The molecule has 1 aliphatic carbocycles. The van der Waals surface area contributed by atoms with E-state index in [2.05, 4.69) is 5.32 Å². The minimum absolute atomic E-state index is 0.0346. The summed E-state index contributed by atoms with van der Waals surface area (Å²) in [6.07, 6.45) is 0.654. The predicted molar refractivity (Wildman–Crippen MR) is 68.7 cm³/mol. The number of amides is 1. The standard InChI is InChI=1S/C13H23NO5/c1-12(2,3)19-11(16)14-13(10(15)18-5)8-9(13)6-7-17-4/h9H,6-8H2,1-5H3,(H,14,16)/t9-,13-/m1/s1. The van der Waals surface area contributed by atoms with Gasteiger partial charge in [-0.25, -0.2) is 9.59 Å². The zero-order valence-electron chi connectivity index (χ0n) is 12.2. The van der Waals surface area contributed by atoms with Gasteiger partial charge >= 0.3 is 12.1 Å². The van der Waals surface area contributed by atoms with Crippen LogP contribution in [0.3, 0.4) is 0 Å². The summed E-state index contributed by atoms with van der Waals surface area (Å²) in [6, 6.07) is 0. The maximum Gasteiger partial charge on any atom is 0.408 e. The van der Waals surface area contributed by atoms with Crippen LogP contribution in [0.5, 0.6) is 0 Å². The van der Waals surface area contributed by atoms with Gasteiger partial charge in [0.25, 0.3) is 0 Å². The van der Waals surface area contributed by atoms with E-state index in [-0.39, 0.29) is 5.92 Å². The molecule has 2 atom stereocenters. The SMILES string of the molecule is COCC[C@@H]1C[C@]1(NC(=O)OC(C)(C)C)C(=O)OC. The molecule has 0 unspecified atom stereocenters. The zero-order valence-corrected chi connectivity index (χ0v) is 12.2. The number of hydrogen-bond donors (Lipinski definition) is 1. The van der Waals surface area contributed by atoms with Crippen molar-refractivity contribution in [3.05, 3.63) is 0 Å². The second-order valence-electron chi connectivity index (χ2n) is 5.77. The van der Waals surface area contributed by atoms with Gasteiger partial charge in [-0.3, -0.25) is 0 Å². The fourth-order valence-electron chi connectivity index (χ4n) is 2.06. The lowest BCUT2D eigenvalue weighted by molar-refractivity contribution is -0.145. The Bertz CT molecular complexity index is 349. The van der Waals surface area contributed by atoms with Crippen LogP contribution < -0.4 is 5.32 Å². The van der Waals surface area contributed by atoms with E-state index in [1.807, 2.05) is 0 Å². The van der Waals surface area contributed by atoms with Crippen molar-refractivity contribution in [3.8, 4) is 0 Å². The minimum Gasteiger partial charge on any atom is -0.467 e. The second-order valence-corrected chi connectivity index (χ2v) is 5.77. The van der Waals surface area contributed by atoms with Crippen LogP contribution >= 0.6 is 0 Å². The molecule has 6 heteroatoms. The fraction of sp³-hybridized carbons (Fsp3) is 0.846. The summed E-state index contributed by atoms with van der Waals surface area (Å²) in [5, 5.41) is 2.64. The van der Waals surface area contributed by atoms with Gasteiger partial charge in [-0.05, 0) is 39.5 Å². The molecule has 1 fully saturated rings. The number of carbonyl (C=O) groups is 2. The molecule has 0 radical (unpaired) electrons. The average Bonchev–Trinajstić information content (AvgIpc) is 2.97. The van der Waals surface area contributed by atoms with Crippen molar-refractivity contribution in [3.63, 3.8) is 0 Å².